The first-order chi connectivity index (χ1) is 37.9. The second kappa shape index (κ2) is 58.9. The molecule has 0 rings (SSSR count). The number of ether oxygens (including phenoxy) is 1. The molecular formula is C68H135N2O7P. The van der Waals surface area contributed by atoms with Crippen molar-refractivity contribution in [1.82, 2.24) is 5.32 Å². The van der Waals surface area contributed by atoms with E-state index < -0.39 is 20.0 Å². The summed E-state index contributed by atoms with van der Waals surface area (Å²) in [6.45, 7) is 6.92. The maximum absolute atomic E-state index is 13.6. The lowest BCUT2D eigenvalue weighted by Crippen LogP contribution is -2.47. The number of phosphoric acid groups is 1. The standard InChI is InChI=1S/C68H135N2O7P/c1-7-10-13-16-19-22-25-28-30-32-34-35-37-39-41-43-46-49-52-55-58-61-68(72)77-66(59-56-53-50-47-44-27-24-21-18-15-12-9-3)65(64-76-78(73,74)75-63-62-70(4,5)6)69-67(71)60-57-54-51-48-45-42-40-38-36-33-31-29-26-23-20-17-14-11-8-2/h56,59,65-66H,7-55,57-58,60-64H2,1-6H3,(H-,69,71,73,74)/b59-56+. The van der Waals surface area contributed by atoms with E-state index in [-0.39, 0.29) is 31.5 Å². The maximum atomic E-state index is 13.6. The summed E-state index contributed by atoms with van der Waals surface area (Å²) in [4.78, 5) is 40.1. The van der Waals surface area contributed by atoms with Gasteiger partial charge in [0, 0.05) is 12.8 Å². The molecule has 78 heavy (non-hydrogen) atoms. The molecule has 0 saturated heterocycles. The number of carbonyl (C=O) groups excluding carboxylic acids is 2. The van der Waals surface area contributed by atoms with Crippen LogP contribution in [-0.2, 0) is 27.9 Å². The zero-order chi connectivity index (χ0) is 57.2. The van der Waals surface area contributed by atoms with Crippen molar-refractivity contribution in [3.05, 3.63) is 12.2 Å². The number of hydrogen-bond acceptors (Lipinski definition) is 7. The number of unbranched alkanes of at least 4 members (excludes halogenated alkanes) is 48. The molecule has 0 aromatic carbocycles. The summed E-state index contributed by atoms with van der Waals surface area (Å²) in [5.74, 6) is -0.514. The summed E-state index contributed by atoms with van der Waals surface area (Å²) in [6, 6.07) is -0.880. The smallest absolute Gasteiger partial charge is 0.306 e. The number of hydrogen-bond donors (Lipinski definition) is 1. The minimum absolute atomic E-state index is 0.0165. The first-order valence-corrected chi connectivity index (χ1v) is 36.0. The molecule has 3 unspecified atom stereocenters. The van der Waals surface area contributed by atoms with E-state index in [1.165, 1.54) is 270 Å². The fraction of sp³-hybridized carbons (Fsp3) is 0.941. The van der Waals surface area contributed by atoms with Crippen molar-refractivity contribution >= 4 is 19.7 Å². The first kappa shape index (κ1) is 76.8. The average Bonchev–Trinajstić information content (AvgIpc) is 3.40. The summed E-state index contributed by atoms with van der Waals surface area (Å²) in [5.41, 5.74) is 0. The SMILES string of the molecule is CCCCCCCCCCCC/C=C/C(OC(=O)CCCCCCCCCCCCCCCCCCCCCCC)C(COP(=O)([O-])OCC[N+](C)(C)C)NC(=O)CCCCCCCCCCCCCCCCCCCCC. The first-order valence-electron chi connectivity index (χ1n) is 34.5. The third-order valence-corrected chi connectivity index (χ3v) is 16.9. The number of amides is 1. The van der Waals surface area contributed by atoms with E-state index in [1.807, 2.05) is 33.3 Å². The van der Waals surface area contributed by atoms with E-state index in [2.05, 4.69) is 26.1 Å². The van der Waals surface area contributed by atoms with Crippen LogP contribution in [0.2, 0.25) is 0 Å². The molecule has 0 aliphatic rings. The average molecular weight is 1120 g/mol. The molecule has 0 spiro atoms. The van der Waals surface area contributed by atoms with Gasteiger partial charge in [-0.1, -0.05) is 329 Å². The van der Waals surface area contributed by atoms with Crippen molar-refractivity contribution in [1.29, 1.82) is 0 Å². The molecule has 0 aliphatic carbocycles. The zero-order valence-corrected chi connectivity index (χ0v) is 54.1. The Hall–Kier alpha value is -1.25. The van der Waals surface area contributed by atoms with E-state index in [0.29, 0.717) is 17.4 Å². The summed E-state index contributed by atoms with van der Waals surface area (Å²) >= 11 is 0. The summed E-state index contributed by atoms with van der Waals surface area (Å²) < 4.78 is 30.4. The van der Waals surface area contributed by atoms with Crippen molar-refractivity contribution < 1.29 is 37.3 Å². The van der Waals surface area contributed by atoms with Gasteiger partial charge in [-0.05, 0) is 31.8 Å². The van der Waals surface area contributed by atoms with E-state index in [1.54, 1.807) is 0 Å². The van der Waals surface area contributed by atoms with Gasteiger partial charge in [0.15, 0.2) is 0 Å². The highest BCUT2D eigenvalue weighted by Gasteiger charge is 2.27. The van der Waals surface area contributed by atoms with Crippen molar-refractivity contribution in [3.8, 4) is 0 Å². The van der Waals surface area contributed by atoms with Gasteiger partial charge >= 0.3 is 5.97 Å². The molecule has 1 amide bonds. The Morgan fingerprint density at radius 1 is 0.436 bits per heavy atom. The predicted octanol–water partition coefficient (Wildman–Crippen LogP) is 20.9. The van der Waals surface area contributed by atoms with E-state index in [0.717, 1.165) is 57.8 Å². The summed E-state index contributed by atoms with van der Waals surface area (Å²) in [7, 11) is 1.21. The molecule has 0 aromatic heterocycles. The molecule has 464 valence electrons. The molecule has 0 radical (unpaired) electrons. The topological polar surface area (TPSA) is 114 Å². The number of esters is 1. The van der Waals surface area contributed by atoms with Gasteiger partial charge < -0.3 is 28.5 Å². The number of quaternary nitrogens is 1. The van der Waals surface area contributed by atoms with Crippen LogP contribution in [0, 0.1) is 0 Å². The van der Waals surface area contributed by atoms with Crippen LogP contribution in [-0.4, -0.2) is 69.4 Å². The van der Waals surface area contributed by atoms with Crippen molar-refractivity contribution in [3.63, 3.8) is 0 Å². The zero-order valence-electron chi connectivity index (χ0n) is 53.2. The third-order valence-electron chi connectivity index (χ3n) is 16.0. The Kier molecular flexibility index (Phi) is 58.0. The Bertz CT molecular complexity index is 1340. The normalized spacial score (nSPS) is 13.6. The van der Waals surface area contributed by atoms with Gasteiger partial charge in [-0.15, -0.1) is 0 Å². The van der Waals surface area contributed by atoms with E-state index in [4.69, 9.17) is 13.8 Å². The number of carbonyl (C=O) groups is 2. The maximum Gasteiger partial charge on any atom is 0.306 e. The van der Waals surface area contributed by atoms with Crippen LogP contribution in [0.5, 0.6) is 0 Å². The molecule has 0 fully saturated rings. The Balaban J connectivity index is 5.08. The van der Waals surface area contributed by atoms with Crippen LogP contribution >= 0.6 is 7.82 Å². The monoisotopic (exact) mass is 1120 g/mol. The lowest BCUT2D eigenvalue weighted by atomic mass is 10.0. The number of likely N-dealkylation sites (N-methyl/N-ethyl adjacent to an activating group) is 1. The third kappa shape index (κ3) is 59.4. The van der Waals surface area contributed by atoms with Gasteiger partial charge in [0.25, 0.3) is 7.82 Å². The van der Waals surface area contributed by atoms with Crippen LogP contribution in [0.4, 0.5) is 0 Å². The molecule has 9 nitrogen and oxygen atoms in total. The molecule has 3 atom stereocenters. The van der Waals surface area contributed by atoms with Gasteiger partial charge in [0.1, 0.15) is 19.3 Å². The van der Waals surface area contributed by atoms with Crippen molar-refractivity contribution in [2.45, 2.75) is 373 Å². The van der Waals surface area contributed by atoms with E-state index >= 15 is 0 Å². The Labute approximate surface area is 486 Å². The highest BCUT2D eigenvalue weighted by atomic mass is 31.2. The van der Waals surface area contributed by atoms with Gasteiger partial charge in [-0.2, -0.15) is 0 Å². The van der Waals surface area contributed by atoms with Gasteiger partial charge in [0.05, 0.1) is 33.8 Å². The van der Waals surface area contributed by atoms with Crippen LogP contribution < -0.4 is 10.2 Å². The number of phosphoric ester groups is 1. The highest BCUT2D eigenvalue weighted by Crippen LogP contribution is 2.38. The molecule has 0 aliphatic heterocycles. The Morgan fingerprint density at radius 3 is 1.05 bits per heavy atom. The molecule has 0 aromatic rings. The van der Waals surface area contributed by atoms with Gasteiger partial charge in [-0.25, -0.2) is 0 Å². The van der Waals surface area contributed by atoms with Crippen LogP contribution in [0.3, 0.4) is 0 Å². The number of nitrogens with one attached hydrogen (secondary N) is 1. The van der Waals surface area contributed by atoms with Crippen LogP contribution in [0.25, 0.3) is 0 Å². The van der Waals surface area contributed by atoms with Gasteiger partial charge in [-0.3, -0.25) is 14.2 Å². The number of nitrogens with zero attached hydrogens (tertiary/aromatic N) is 1. The highest BCUT2D eigenvalue weighted by molar-refractivity contribution is 7.45. The Morgan fingerprint density at radius 2 is 0.731 bits per heavy atom. The molecule has 1 N–H and O–H groups in total. The predicted molar refractivity (Wildman–Crippen MR) is 335 cm³/mol. The molecule has 10 heteroatoms. The number of allylic oxidation sites excluding steroid dienone is 1. The van der Waals surface area contributed by atoms with Crippen LogP contribution in [0.15, 0.2) is 12.2 Å². The van der Waals surface area contributed by atoms with Gasteiger partial charge in [0.2, 0.25) is 5.91 Å². The van der Waals surface area contributed by atoms with Crippen molar-refractivity contribution in [2.75, 3.05) is 40.9 Å². The molecule has 0 bridgehead atoms. The minimum atomic E-state index is -4.69. The molecule has 0 heterocycles. The lowest BCUT2D eigenvalue weighted by Gasteiger charge is -2.30. The lowest BCUT2D eigenvalue weighted by molar-refractivity contribution is -0.870. The molecule has 0 saturated carbocycles. The van der Waals surface area contributed by atoms with Crippen molar-refractivity contribution in [2.24, 2.45) is 0 Å². The second-order valence-corrected chi connectivity index (χ2v) is 26.5. The largest absolute Gasteiger partial charge is 0.756 e. The quantitative estimate of drug-likeness (QED) is 0.0212. The minimum Gasteiger partial charge on any atom is -0.756 e. The fourth-order valence-corrected chi connectivity index (χ4v) is 11.4. The second-order valence-electron chi connectivity index (χ2n) is 25.1. The van der Waals surface area contributed by atoms with E-state index in [9.17, 15) is 19.0 Å². The van der Waals surface area contributed by atoms with Crippen LogP contribution in [0.1, 0.15) is 361 Å². The number of rotatable bonds is 64. The summed E-state index contributed by atoms with van der Waals surface area (Å²) in [5, 5.41) is 3.05. The fourth-order valence-electron chi connectivity index (χ4n) is 10.6. The molecular weight excluding hydrogens is 988 g/mol. The summed E-state index contributed by atoms with van der Waals surface area (Å²) in [6.07, 6.45) is 69.0.